The molecule has 334 valence electrons. The highest BCUT2D eigenvalue weighted by molar-refractivity contribution is 5.83. The van der Waals surface area contributed by atoms with E-state index >= 15 is 0 Å². The number of carbonyl (C=O) groups is 2. The smallest absolute Gasteiger partial charge is 0.309 e. The monoisotopic (exact) mass is 844 g/mol. The molecule has 9 nitrogen and oxygen atoms in total. The number of rotatable bonds is 13. The second kappa shape index (κ2) is 17.2. The first kappa shape index (κ1) is 43.3. The number of nitrogens with two attached hydrogens (primary N) is 1. The highest BCUT2D eigenvalue weighted by atomic mass is 16.5. The molecule has 0 bridgehead atoms. The van der Waals surface area contributed by atoms with Crippen LogP contribution in [0, 0.1) is 63.6 Å². The maximum absolute atomic E-state index is 14.6. The number of hydrogen-bond donors (Lipinski definition) is 2. The molecule has 6 saturated carbocycles. The Balaban J connectivity index is 0.821. The Morgan fingerprint density at radius 1 is 0.887 bits per heavy atom. The zero-order chi connectivity index (χ0) is 43.4. The number of likely N-dealkylation sites (N-methyl/N-ethyl adjacent to an activating group) is 1. The number of ether oxygens (including phenoxy) is 2. The van der Waals surface area contributed by atoms with Crippen molar-refractivity contribution in [1.29, 1.82) is 0 Å². The Bertz CT molecular complexity index is 2090. The van der Waals surface area contributed by atoms with Crippen molar-refractivity contribution in [2.45, 2.75) is 130 Å². The average molecular weight is 844 g/mol. The number of imidazole rings is 1. The predicted molar refractivity (Wildman–Crippen MR) is 244 cm³/mol. The lowest BCUT2D eigenvalue weighted by Gasteiger charge is -2.67. The van der Waals surface area contributed by atoms with E-state index in [2.05, 4.69) is 98.8 Å². The SMILES string of the molecule is C=C(OCc1ccccc1)C1CC(C(=O)OC2CCC3(C)C(CCC4(C)C5CCC6(C(=O)NCc7nc(-c8ccccc8)cn7CCN(C)C)CCCC6C5CCC34)C2N)C1C. The Kier molecular flexibility index (Phi) is 12.0. The minimum atomic E-state index is -0.278. The topological polar surface area (TPSA) is 112 Å². The lowest BCUT2D eigenvalue weighted by atomic mass is 9.38. The van der Waals surface area contributed by atoms with Crippen LogP contribution in [-0.4, -0.2) is 59.1 Å². The Labute approximate surface area is 371 Å². The van der Waals surface area contributed by atoms with Crippen LogP contribution in [0.1, 0.15) is 109 Å². The largest absolute Gasteiger partial charge is 0.494 e. The van der Waals surface area contributed by atoms with Crippen LogP contribution in [-0.2, 0) is 38.8 Å². The maximum Gasteiger partial charge on any atom is 0.309 e. The number of hydrogen-bond acceptors (Lipinski definition) is 7. The number of allylic oxidation sites excluding steroid dienone is 1. The van der Waals surface area contributed by atoms with Crippen LogP contribution >= 0.6 is 0 Å². The van der Waals surface area contributed by atoms with Crippen molar-refractivity contribution in [3.8, 4) is 11.3 Å². The Morgan fingerprint density at radius 3 is 2.34 bits per heavy atom. The molecule has 6 fully saturated rings. The number of esters is 1. The van der Waals surface area contributed by atoms with Gasteiger partial charge < -0.3 is 30.0 Å². The molecule has 13 unspecified atom stereocenters. The van der Waals surface area contributed by atoms with Gasteiger partial charge in [0.1, 0.15) is 18.5 Å². The fourth-order valence-corrected chi connectivity index (χ4v) is 14.8. The molecule has 2 aromatic carbocycles. The summed E-state index contributed by atoms with van der Waals surface area (Å²) >= 11 is 0. The lowest BCUT2D eigenvalue weighted by molar-refractivity contribution is -0.197. The molecule has 1 aromatic heterocycles. The third kappa shape index (κ3) is 7.65. The van der Waals surface area contributed by atoms with Crippen molar-refractivity contribution >= 4 is 11.9 Å². The minimum absolute atomic E-state index is 0.0902. The molecule has 62 heavy (non-hydrogen) atoms. The van der Waals surface area contributed by atoms with Crippen LogP contribution in [0.3, 0.4) is 0 Å². The third-order valence-electron chi connectivity index (χ3n) is 18.3. The van der Waals surface area contributed by atoms with Crippen LogP contribution in [0.15, 0.2) is 79.2 Å². The van der Waals surface area contributed by atoms with Gasteiger partial charge in [-0.15, -0.1) is 0 Å². The highest BCUT2D eigenvalue weighted by Crippen LogP contribution is 2.71. The number of fused-ring (bicyclic) bond motifs is 7. The van der Waals surface area contributed by atoms with E-state index < -0.39 is 0 Å². The first-order valence-corrected chi connectivity index (χ1v) is 24.2. The normalized spacial score (nSPS) is 37.2. The van der Waals surface area contributed by atoms with E-state index in [1.807, 2.05) is 24.3 Å². The van der Waals surface area contributed by atoms with E-state index in [0.29, 0.717) is 42.7 Å². The van der Waals surface area contributed by atoms with Crippen LogP contribution in [0.5, 0.6) is 0 Å². The first-order chi connectivity index (χ1) is 29.8. The summed E-state index contributed by atoms with van der Waals surface area (Å²) in [6, 6.07) is 20.4. The highest BCUT2D eigenvalue weighted by Gasteiger charge is 2.66. The van der Waals surface area contributed by atoms with E-state index in [-0.39, 0.29) is 58.0 Å². The number of amides is 1. The van der Waals surface area contributed by atoms with Gasteiger partial charge >= 0.3 is 5.97 Å². The van der Waals surface area contributed by atoms with Crippen molar-refractivity contribution in [3.63, 3.8) is 0 Å². The molecule has 6 aliphatic rings. The molecule has 3 aromatic rings. The molecule has 1 amide bonds. The average Bonchev–Trinajstić information content (AvgIpc) is 3.91. The van der Waals surface area contributed by atoms with Gasteiger partial charge in [0, 0.05) is 36.8 Å². The summed E-state index contributed by atoms with van der Waals surface area (Å²) in [5.74, 6) is 4.62. The summed E-state index contributed by atoms with van der Waals surface area (Å²) in [5.41, 5.74) is 10.5. The molecule has 6 aliphatic carbocycles. The maximum atomic E-state index is 14.6. The van der Waals surface area contributed by atoms with Gasteiger partial charge in [0.15, 0.2) is 0 Å². The molecule has 0 aliphatic heterocycles. The van der Waals surface area contributed by atoms with E-state index in [4.69, 9.17) is 20.2 Å². The van der Waals surface area contributed by atoms with Crippen LogP contribution in [0.2, 0.25) is 0 Å². The van der Waals surface area contributed by atoms with Gasteiger partial charge in [-0.05, 0) is 137 Å². The molecule has 9 heteroatoms. The van der Waals surface area contributed by atoms with Gasteiger partial charge in [0.25, 0.3) is 0 Å². The molecule has 1 heterocycles. The summed E-state index contributed by atoms with van der Waals surface area (Å²) in [6.07, 6.45) is 14.6. The number of aromatic nitrogens is 2. The fraction of sp³-hybridized carbons (Fsp3) is 0.642. The molecule has 13 atom stereocenters. The number of carbonyl (C=O) groups excluding carboxylic acids is 2. The van der Waals surface area contributed by atoms with Gasteiger partial charge in [-0.2, -0.15) is 0 Å². The predicted octanol–water partition coefficient (Wildman–Crippen LogP) is 9.41. The Morgan fingerprint density at radius 2 is 1.60 bits per heavy atom. The number of benzene rings is 2. The summed E-state index contributed by atoms with van der Waals surface area (Å²) < 4.78 is 14.7. The van der Waals surface area contributed by atoms with Crippen molar-refractivity contribution in [2.75, 3.05) is 20.6 Å². The van der Waals surface area contributed by atoms with Crippen LogP contribution in [0.4, 0.5) is 0 Å². The van der Waals surface area contributed by atoms with Crippen LogP contribution < -0.4 is 11.1 Å². The van der Waals surface area contributed by atoms with Gasteiger partial charge in [0.05, 0.1) is 29.3 Å². The number of nitrogens with one attached hydrogen (secondary N) is 1. The van der Waals surface area contributed by atoms with Crippen molar-refractivity contribution < 1.29 is 19.1 Å². The van der Waals surface area contributed by atoms with Crippen molar-refractivity contribution in [2.24, 2.45) is 69.3 Å². The van der Waals surface area contributed by atoms with E-state index in [0.717, 1.165) is 99.3 Å². The molecule has 0 saturated heterocycles. The quantitative estimate of drug-likeness (QED) is 0.130. The lowest BCUT2D eigenvalue weighted by Crippen LogP contribution is -2.65. The zero-order valence-electron chi connectivity index (χ0n) is 38.2. The summed E-state index contributed by atoms with van der Waals surface area (Å²) in [4.78, 5) is 35.6. The molecule has 0 spiro atoms. The number of nitrogens with zero attached hydrogens (tertiary/aromatic N) is 3. The van der Waals surface area contributed by atoms with Crippen molar-refractivity contribution in [3.05, 3.63) is 90.6 Å². The second-order valence-corrected chi connectivity index (χ2v) is 21.5. The minimum Gasteiger partial charge on any atom is -0.494 e. The summed E-state index contributed by atoms with van der Waals surface area (Å²) in [5, 5.41) is 3.49. The van der Waals surface area contributed by atoms with E-state index in [1.165, 1.54) is 19.3 Å². The summed E-state index contributed by atoms with van der Waals surface area (Å²) in [7, 11) is 4.19. The molecular weight excluding hydrogens is 771 g/mol. The van der Waals surface area contributed by atoms with Gasteiger partial charge in [-0.1, -0.05) is 94.4 Å². The molecule has 9 rings (SSSR count). The summed E-state index contributed by atoms with van der Waals surface area (Å²) in [6.45, 7) is 14.2. The fourth-order valence-electron chi connectivity index (χ4n) is 14.8. The second-order valence-electron chi connectivity index (χ2n) is 21.5. The standard InChI is InChI=1S/C53H73N5O4/c1-34-39(35(2)61-33-36-14-9-7-10-15-36)30-40(34)49(59)62-45-23-26-52(4)43(48(45)54)21-25-51(3)41-22-27-53(24-13-18-42(53)38(41)19-20-46(51)52)50(60)55-31-47-56-44(37-16-11-8-12-17-37)32-58(47)29-28-57(5)6/h7-12,14-17,32,34,38-43,45-46,48H,2,13,18-31,33,54H2,1,3-6H3,(H,55,60). The van der Waals surface area contributed by atoms with Gasteiger partial charge in [0.2, 0.25) is 5.91 Å². The van der Waals surface area contributed by atoms with Gasteiger partial charge in [-0.3, -0.25) is 9.59 Å². The molecule has 0 radical (unpaired) electrons. The first-order valence-electron chi connectivity index (χ1n) is 24.2. The Hall–Kier alpha value is -3.95. The zero-order valence-corrected chi connectivity index (χ0v) is 38.2. The van der Waals surface area contributed by atoms with E-state index in [9.17, 15) is 9.59 Å². The van der Waals surface area contributed by atoms with Crippen LogP contribution in [0.25, 0.3) is 11.3 Å². The van der Waals surface area contributed by atoms with E-state index in [1.54, 1.807) is 0 Å². The molecule has 3 N–H and O–H groups in total. The van der Waals surface area contributed by atoms with Gasteiger partial charge in [-0.25, -0.2) is 4.98 Å². The van der Waals surface area contributed by atoms with Crippen molar-refractivity contribution in [1.82, 2.24) is 19.8 Å². The third-order valence-corrected chi connectivity index (χ3v) is 18.3. The molecular formula is C53H73N5O4.